The van der Waals surface area contributed by atoms with Crippen LogP contribution in [0.3, 0.4) is 0 Å². The van der Waals surface area contributed by atoms with Crippen LogP contribution in [0.4, 0.5) is 8.78 Å². The van der Waals surface area contributed by atoms with Gasteiger partial charge in [-0.1, -0.05) is 42.5 Å². The van der Waals surface area contributed by atoms with E-state index in [2.05, 4.69) is 0 Å². The SMILES string of the molecule is OC1CCc2c(OCC(F)(F)c3ccccc3)cccc21. The van der Waals surface area contributed by atoms with Crippen LogP contribution >= 0.6 is 0 Å². The van der Waals surface area contributed by atoms with Crippen LogP contribution in [0.2, 0.25) is 0 Å². The molecule has 0 saturated carbocycles. The summed E-state index contributed by atoms with van der Waals surface area (Å²) in [6, 6.07) is 12.9. The Kier molecular flexibility index (Phi) is 3.64. The second-order valence-corrected chi connectivity index (χ2v) is 5.24. The molecule has 1 unspecified atom stereocenters. The minimum absolute atomic E-state index is 0.0578. The molecule has 0 spiro atoms. The number of rotatable bonds is 4. The first-order valence-corrected chi connectivity index (χ1v) is 6.94. The molecule has 2 aromatic rings. The zero-order valence-electron chi connectivity index (χ0n) is 11.4. The van der Waals surface area contributed by atoms with Gasteiger partial charge in [0.1, 0.15) is 5.75 Å². The molecule has 0 saturated heterocycles. The summed E-state index contributed by atoms with van der Waals surface area (Å²) in [5, 5.41) is 9.81. The van der Waals surface area contributed by atoms with E-state index in [9.17, 15) is 13.9 Å². The van der Waals surface area contributed by atoms with E-state index in [0.717, 1.165) is 11.1 Å². The van der Waals surface area contributed by atoms with Gasteiger partial charge in [0.25, 0.3) is 0 Å². The minimum atomic E-state index is -3.04. The van der Waals surface area contributed by atoms with Crippen molar-refractivity contribution in [3.63, 3.8) is 0 Å². The Hall–Kier alpha value is -1.94. The molecule has 0 aliphatic heterocycles. The van der Waals surface area contributed by atoms with Crippen molar-refractivity contribution in [3.05, 3.63) is 65.2 Å². The van der Waals surface area contributed by atoms with Gasteiger partial charge in [0.15, 0.2) is 6.61 Å². The van der Waals surface area contributed by atoms with Crippen LogP contribution in [0, 0.1) is 0 Å². The molecule has 4 heteroatoms. The van der Waals surface area contributed by atoms with Gasteiger partial charge in [-0.05, 0) is 24.5 Å². The molecular weight excluding hydrogens is 274 g/mol. The number of aliphatic hydroxyl groups excluding tert-OH is 1. The second-order valence-electron chi connectivity index (χ2n) is 5.24. The maximum atomic E-state index is 14.1. The van der Waals surface area contributed by atoms with E-state index in [1.54, 1.807) is 30.3 Å². The van der Waals surface area contributed by atoms with Crippen molar-refractivity contribution in [1.82, 2.24) is 0 Å². The largest absolute Gasteiger partial charge is 0.487 e. The highest BCUT2D eigenvalue weighted by Crippen LogP contribution is 2.38. The summed E-state index contributed by atoms with van der Waals surface area (Å²) >= 11 is 0. The quantitative estimate of drug-likeness (QED) is 0.927. The molecule has 0 heterocycles. The molecule has 110 valence electrons. The summed E-state index contributed by atoms with van der Waals surface area (Å²) in [6.07, 6.45) is 0.757. The fraction of sp³-hybridized carbons (Fsp3) is 0.294. The predicted octanol–water partition coefficient (Wildman–Crippen LogP) is 3.84. The highest BCUT2D eigenvalue weighted by Gasteiger charge is 2.33. The lowest BCUT2D eigenvalue weighted by Crippen LogP contribution is -2.23. The van der Waals surface area contributed by atoms with Crippen LogP contribution in [0.25, 0.3) is 0 Å². The van der Waals surface area contributed by atoms with E-state index in [-0.39, 0.29) is 5.56 Å². The van der Waals surface area contributed by atoms with Crippen LogP contribution in [0.1, 0.15) is 29.2 Å². The van der Waals surface area contributed by atoms with Gasteiger partial charge in [-0.25, -0.2) is 0 Å². The van der Waals surface area contributed by atoms with Crippen LogP contribution in [-0.4, -0.2) is 11.7 Å². The van der Waals surface area contributed by atoms with E-state index in [1.165, 1.54) is 12.1 Å². The smallest absolute Gasteiger partial charge is 0.306 e. The normalized spacial score (nSPS) is 17.6. The van der Waals surface area contributed by atoms with Crippen molar-refractivity contribution >= 4 is 0 Å². The maximum absolute atomic E-state index is 14.1. The van der Waals surface area contributed by atoms with Gasteiger partial charge in [-0.15, -0.1) is 0 Å². The predicted molar refractivity (Wildman–Crippen MR) is 75.6 cm³/mol. The number of aliphatic hydroxyl groups is 1. The molecule has 0 fully saturated rings. The number of halogens is 2. The van der Waals surface area contributed by atoms with Crippen molar-refractivity contribution < 1.29 is 18.6 Å². The molecule has 0 aromatic heterocycles. The van der Waals surface area contributed by atoms with E-state index in [4.69, 9.17) is 4.74 Å². The number of alkyl halides is 2. The molecule has 1 N–H and O–H groups in total. The molecule has 21 heavy (non-hydrogen) atoms. The van der Waals surface area contributed by atoms with E-state index in [1.807, 2.05) is 6.07 Å². The first-order chi connectivity index (χ1) is 10.1. The average molecular weight is 290 g/mol. The Balaban J connectivity index is 1.77. The van der Waals surface area contributed by atoms with Crippen molar-refractivity contribution in [2.75, 3.05) is 6.61 Å². The zero-order chi connectivity index (χ0) is 14.9. The number of benzene rings is 2. The van der Waals surface area contributed by atoms with Gasteiger partial charge in [0.2, 0.25) is 0 Å². The molecule has 2 aromatic carbocycles. The van der Waals surface area contributed by atoms with Crippen molar-refractivity contribution in [2.45, 2.75) is 24.9 Å². The zero-order valence-corrected chi connectivity index (χ0v) is 11.4. The Morgan fingerprint density at radius 1 is 1.10 bits per heavy atom. The summed E-state index contributed by atoms with van der Waals surface area (Å²) in [5.41, 5.74) is 1.57. The number of hydrogen-bond acceptors (Lipinski definition) is 2. The van der Waals surface area contributed by atoms with Gasteiger partial charge in [-0.2, -0.15) is 8.78 Å². The Labute approximate surface area is 122 Å². The Morgan fingerprint density at radius 3 is 2.62 bits per heavy atom. The molecule has 1 atom stereocenters. The highest BCUT2D eigenvalue weighted by molar-refractivity contribution is 5.44. The summed E-state index contributed by atoms with van der Waals surface area (Å²) in [6.45, 7) is -0.705. The van der Waals surface area contributed by atoms with Gasteiger partial charge in [-0.3, -0.25) is 0 Å². The van der Waals surface area contributed by atoms with Crippen molar-refractivity contribution in [1.29, 1.82) is 0 Å². The highest BCUT2D eigenvalue weighted by atomic mass is 19.3. The monoisotopic (exact) mass is 290 g/mol. The van der Waals surface area contributed by atoms with E-state index >= 15 is 0 Å². The van der Waals surface area contributed by atoms with Crippen LogP contribution in [-0.2, 0) is 12.3 Å². The third kappa shape index (κ3) is 2.76. The van der Waals surface area contributed by atoms with Gasteiger partial charge < -0.3 is 9.84 Å². The lowest BCUT2D eigenvalue weighted by molar-refractivity contribution is -0.0469. The first-order valence-electron chi connectivity index (χ1n) is 6.94. The summed E-state index contributed by atoms with van der Waals surface area (Å²) in [5.74, 6) is -2.60. The minimum Gasteiger partial charge on any atom is -0.487 e. The topological polar surface area (TPSA) is 29.5 Å². The fourth-order valence-corrected chi connectivity index (χ4v) is 2.67. The molecule has 0 bridgehead atoms. The van der Waals surface area contributed by atoms with Gasteiger partial charge in [0, 0.05) is 11.1 Å². The van der Waals surface area contributed by atoms with Crippen molar-refractivity contribution in [2.24, 2.45) is 0 Å². The van der Waals surface area contributed by atoms with E-state index < -0.39 is 18.6 Å². The van der Waals surface area contributed by atoms with Gasteiger partial charge in [0.05, 0.1) is 6.10 Å². The van der Waals surface area contributed by atoms with Crippen LogP contribution < -0.4 is 4.74 Å². The lowest BCUT2D eigenvalue weighted by Gasteiger charge is -2.19. The summed E-state index contributed by atoms with van der Waals surface area (Å²) in [4.78, 5) is 0. The van der Waals surface area contributed by atoms with E-state index in [0.29, 0.717) is 18.6 Å². The van der Waals surface area contributed by atoms with Gasteiger partial charge >= 0.3 is 5.92 Å². The average Bonchev–Trinajstić information content (AvgIpc) is 2.88. The Bertz CT molecular complexity index is 626. The first kappa shape index (κ1) is 14.0. The number of fused-ring (bicyclic) bond motifs is 1. The molecule has 1 aliphatic rings. The molecule has 1 aliphatic carbocycles. The third-order valence-corrected chi connectivity index (χ3v) is 3.80. The molecule has 2 nitrogen and oxygen atoms in total. The Morgan fingerprint density at radius 2 is 1.86 bits per heavy atom. The fourth-order valence-electron chi connectivity index (χ4n) is 2.67. The summed E-state index contributed by atoms with van der Waals surface area (Å²) < 4.78 is 33.5. The third-order valence-electron chi connectivity index (χ3n) is 3.80. The molecular formula is C17H16F2O2. The summed E-state index contributed by atoms with van der Waals surface area (Å²) in [7, 11) is 0. The standard InChI is InChI=1S/C17H16F2O2/c18-17(19,12-5-2-1-3-6-12)11-21-16-8-4-7-13-14(16)9-10-15(13)20/h1-8,15,20H,9-11H2. The molecule has 3 rings (SSSR count). The van der Waals surface area contributed by atoms with Crippen LogP contribution in [0.5, 0.6) is 5.75 Å². The van der Waals surface area contributed by atoms with Crippen molar-refractivity contribution in [3.8, 4) is 5.75 Å². The lowest BCUT2D eigenvalue weighted by atomic mass is 10.1. The number of ether oxygens (including phenoxy) is 1. The second kappa shape index (κ2) is 5.45. The molecule has 0 radical (unpaired) electrons. The van der Waals surface area contributed by atoms with Crippen LogP contribution in [0.15, 0.2) is 48.5 Å². The molecule has 0 amide bonds. The maximum Gasteiger partial charge on any atom is 0.306 e. The number of hydrogen-bond donors (Lipinski definition) is 1.